The van der Waals surface area contributed by atoms with Gasteiger partial charge in [0, 0.05) is 32.0 Å². The van der Waals surface area contributed by atoms with Crippen molar-refractivity contribution in [2.45, 2.75) is 32.1 Å². The van der Waals surface area contributed by atoms with Gasteiger partial charge in [0.25, 0.3) is 0 Å². The second kappa shape index (κ2) is 10.3. The first-order valence-electron chi connectivity index (χ1n) is 8.77. The number of furan rings is 1. The Labute approximate surface area is 171 Å². The van der Waals surface area contributed by atoms with Crippen LogP contribution in [0, 0.1) is 0 Å². The predicted octanol–water partition coefficient (Wildman–Crippen LogP) is 2.96. The number of nitrogens with zero attached hydrogens (tertiary/aromatic N) is 4. The van der Waals surface area contributed by atoms with E-state index in [1.807, 2.05) is 19.1 Å². The van der Waals surface area contributed by atoms with Gasteiger partial charge in [-0.05, 0) is 31.9 Å². The van der Waals surface area contributed by atoms with Gasteiger partial charge in [0.2, 0.25) is 0 Å². The monoisotopic (exact) mass is 470 g/mol. The molecule has 1 aliphatic rings. The number of hydrogen-bond donors (Lipinski definition) is 2. The number of hydrogen-bond acceptors (Lipinski definition) is 4. The number of halogens is 1. The Bertz CT molecular complexity index is 675. The van der Waals surface area contributed by atoms with E-state index >= 15 is 0 Å². The van der Waals surface area contributed by atoms with Gasteiger partial charge in [-0.3, -0.25) is 5.10 Å². The molecule has 1 saturated heterocycles. The van der Waals surface area contributed by atoms with E-state index in [4.69, 9.17) is 9.41 Å². The molecule has 2 aromatic rings. The molecule has 142 valence electrons. The zero-order valence-electron chi connectivity index (χ0n) is 15.1. The molecule has 0 unspecified atom stereocenters. The molecular weight excluding hydrogens is 443 g/mol. The Morgan fingerprint density at radius 2 is 2.27 bits per heavy atom. The van der Waals surface area contributed by atoms with Crippen molar-refractivity contribution in [3.8, 4) is 0 Å². The summed E-state index contributed by atoms with van der Waals surface area (Å²) in [7, 11) is 0. The maximum absolute atomic E-state index is 5.39. The van der Waals surface area contributed by atoms with E-state index in [9.17, 15) is 0 Å². The fraction of sp³-hybridized carbons (Fsp3) is 0.500. The Morgan fingerprint density at radius 1 is 1.46 bits per heavy atom. The highest BCUT2D eigenvalue weighted by Gasteiger charge is 2.24. The Hall–Kier alpha value is -1.84. The van der Waals surface area contributed by atoms with Crippen LogP contribution >= 0.6 is 24.0 Å². The minimum atomic E-state index is 0. The number of aliphatic imine (C=N–C) groups is 1. The van der Waals surface area contributed by atoms with E-state index in [0.29, 0.717) is 12.5 Å². The van der Waals surface area contributed by atoms with Gasteiger partial charge < -0.3 is 14.6 Å². The minimum Gasteiger partial charge on any atom is -0.469 e. The summed E-state index contributed by atoms with van der Waals surface area (Å²) < 4.78 is 5.39. The molecule has 0 saturated carbocycles. The van der Waals surface area contributed by atoms with Crippen LogP contribution < -0.4 is 5.32 Å². The van der Waals surface area contributed by atoms with Crippen LogP contribution in [0.5, 0.6) is 0 Å². The van der Waals surface area contributed by atoms with Gasteiger partial charge >= 0.3 is 0 Å². The van der Waals surface area contributed by atoms with Crippen LogP contribution in [0.4, 0.5) is 0 Å². The summed E-state index contributed by atoms with van der Waals surface area (Å²) in [6.07, 6.45) is 6.22. The van der Waals surface area contributed by atoms with Crippen molar-refractivity contribution in [2.24, 2.45) is 4.99 Å². The average molecular weight is 470 g/mol. The van der Waals surface area contributed by atoms with E-state index in [1.165, 1.54) is 0 Å². The lowest BCUT2D eigenvalue weighted by Gasteiger charge is -2.33. The number of aromatic nitrogens is 3. The maximum Gasteiger partial charge on any atom is 0.194 e. The van der Waals surface area contributed by atoms with Crippen molar-refractivity contribution in [3.05, 3.63) is 48.5 Å². The number of H-pyrrole nitrogens is 1. The van der Waals surface area contributed by atoms with E-state index in [2.05, 4.69) is 32.0 Å². The van der Waals surface area contributed by atoms with E-state index in [-0.39, 0.29) is 24.0 Å². The smallest absolute Gasteiger partial charge is 0.194 e. The van der Waals surface area contributed by atoms with Gasteiger partial charge in [-0.1, -0.05) is 12.2 Å². The summed E-state index contributed by atoms with van der Waals surface area (Å²) in [6.45, 7) is 9.30. The molecule has 7 nitrogen and oxygen atoms in total. The van der Waals surface area contributed by atoms with Gasteiger partial charge in [-0.25, -0.2) is 9.98 Å². The quantitative estimate of drug-likeness (QED) is 0.294. The normalized spacial score (nSPS) is 15.6. The lowest BCUT2D eigenvalue weighted by Crippen LogP contribution is -2.46. The summed E-state index contributed by atoms with van der Waals surface area (Å²) in [5.41, 5.74) is 1.06. The summed E-state index contributed by atoms with van der Waals surface area (Å²) in [4.78, 5) is 11.3. The first kappa shape index (κ1) is 20.5. The number of guanidine groups is 1. The topological polar surface area (TPSA) is 82.3 Å². The predicted molar refractivity (Wildman–Crippen MR) is 113 cm³/mol. The first-order chi connectivity index (χ1) is 12.2. The minimum absolute atomic E-state index is 0. The molecule has 3 rings (SSSR count). The molecule has 2 aromatic heterocycles. The van der Waals surface area contributed by atoms with E-state index in [0.717, 1.165) is 62.0 Å². The maximum atomic E-state index is 5.39. The fourth-order valence-electron chi connectivity index (χ4n) is 3.01. The Morgan fingerprint density at radius 3 is 2.88 bits per heavy atom. The van der Waals surface area contributed by atoms with Gasteiger partial charge in [-0.15, -0.1) is 24.0 Å². The zero-order chi connectivity index (χ0) is 17.5. The molecule has 8 heteroatoms. The third-order valence-electron chi connectivity index (χ3n) is 4.35. The van der Waals surface area contributed by atoms with Crippen LogP contribution in [0.3, 0.4) is 0 Å². The van der Waals surface area contributed by atoms with Crippen molar-refractivity contribution in [1.29, 1.82) is 0 Å². The zero-order valence-corrected chi connectivity index (χ0v) is 17.5. The van der Waals surface area contributed by atoms with Gasteiger partial charge in [0.15, 0.2) is 5.96 Å². The lowest BCUT2D eigenvalue weighted by atomic mass is 9.96. The molecular formula is C18H27IN6O. The van der Waals surface area contributed by atoms with Gasteiger partial charge in [-0.2, -0.15) is 5.10 Å². The van der Waals surface area contributed by atoms with Crippen molar-refractivity contribution in [1.82, 2.24) is 25.4 Å². The van der Waals surface area contributed by atoms with Crippen LogP contribution in [0.2, 0.25) is 0 Å². The van der Waals surface area contributed by atoms with Crippen LogP contribution in [-0.4, -0.2) is 52.2 Å². The largest absolute Gasteiger partial charge is 0.469 e. The number of likely N-dealkylation sites (tertiary alicyclic amines) is 1. The average Bonchev–Trinajstić information content (AvgIpc) is 3.31. The summed E-state index contributed by atoms with van der Waals surface area (Å²) >= 11 is 0. The summed E-state index contributed by atoms with van der Waals surface area (Å²) in [5, 5.41) is 10.4. The van der Waals surface area contributed by atoms with Crippen LogP contribution in [0.1, 0.15) is 37.3 Å². The number of nitrogens with one attached hydrogen (secondary N) is 2. The number of rotatable bonds is 6. The van der Waals surface area contributed by atoms with Crippen molar-refractivity contribution >= 4 is 29.9 Å². The number of piperidine rings is 1. The van der Waals surface area contributed by atoms with Crippen LogP contribution in [-0.2, 0) is 6.42 Å². The molecule has 0 bridgehead atoms. The molecule has 0 spiro atoms. The molecule has 3 heterocycles. The SMILES string of the molecule is C=C(C)CN=C(NCCc1ccco1)N1CCC(c2ncn[nH]2)CC1.I. The number of aromatic amines is 1. The van der Waals surface area contributed by atoms with Crippen LogP contribution in [0.15, 0.2) is 46.3 Å². The molecule has 26 heavy (non-hydrogen) atoms. The molecule has 1 aliphatic heterocycles. The summed E-state index contributed by atoms with van der Waals surface area (Å²) in [6, 6.07) is 3.91. The van der Waals surface area contributed by atoms with Gasteiger partial charge in [0.1, 0.15) is 17.9 Å². The third-order valence-corrected chi connectivity index (χ3v) is 4.35. The van der Waals surface area contributed by atoms with E-state index in [1.54, 1.807) is 12.6 Å². The molecule has 0 radical (unpaired) electrons. The van der Waals surface area contributed by atoms with Crippen LogP contribution in [0.25, 0.3) is 0 Å². The Balaban J connectivity index is 0.00000243. The summed E-state index contributed by atoms with van der Waals surface area (Å²) in [5.74, 6) is 3.37. The standard InChI is InChI=1S/C18H26N6O.HI/c1-14(2)12-20-18(19-8-5-16-4-3-11-25-16)24-9-6-15(7-10-24)17-21-13-22-23-17;/h3-4,11,13,15H,1,5-10,12H2,2H3,(H,19,20)(H,21,22,23);1H. The molecule has 0 amide bonds. The molecule has 2 N–H and O–H groups in total. The molecule has 1 fully saturated rings. The molecule has 0 aliphatic carbocycles. The van der Waals surface area contributed by atoms with Crippen molar-refractivity contribution in [3.63, 3.8) is 0 Å². The lowest BCUT2D eigenvalue weighted by molar-refractivity contribution is 0.298. The van der Waals surface area contributed by atoms with E-state index < -0.39 is 0 Å². The molecule has 0 aromatic carbocycles. The molecule has 0 atom stereocenters. The van der Waals surface area contributed by atoms with Crippen molar-refractivity contribution < 1.29 is 4.42 Å². The fourth-order valence-corrected chi connectivity index (χ4v) is 3.01. The highest BCUT2D eigenvalue weighted by Crippen LogP contribution is 2.24. The third kappa shape index (κ3) is 5.86. The second-order valence-electron chi connectivity index (χ2n) is 6.49. The highest BCUT2D eigenvalue weighted by molar-refractivity contribution is 14.0. The Kier molecular flexibility index (Phi) is 8.14. The first-order valence-corrected chi connectivity index (χ1v) is 8.77. The highest BCUT2D eigenvalue weighted by atomic mass is 127. The van der Waals surface area contributed by atoms with Crippen molar-refractivity contribution in [2.75, 3.05) is 26.2 Å². The second-order valence-corrected chi connectivity index (χ2v) is 6.49. The van der Waals surface area contributed by atoms with Gasteiger partial charge in [0.05, 0.1) is 12.8 Å².